The van der Waals surface area contributed by atoms with Crippen molar-refractivity contribution in [1.82, 2.24) is 15.5 Å². The maximum absolute atomic E-state index is 12.9. The minimum Gasteiger partial charge on any atom is -0.346 e. The van der Waals surface area contributed by atoms with Crippen LogP contribution in [0.25, 0.3) is 0 Å². The quantitative estimate of drug-likeness (QED) is 0.572. The number of nitrogens with zero attached hydrogens (tertiary/aromatic N) is 2. The van der Waals surface area contributed by atoms with Crippen LogP contribution in [0.4, 0.5) is 10.1 Å². The summed E-state index contributed by atoms with van der Waals surface area (Å²) in [4.78, 5) is 24.2. The lowest BCUT2D eigenvalue weighted by atomic mass is 10.2. The van der Waals surface area contributed by atoms with Crippen molar-refractivity contribution in [3.63, 3.8) is 0 Å². The lowest BCUT2D eigenvalue weighted by molar-refractivity contribution is -0.114. The molecule has 1 heterocycles. The van der Waals surface area contributed by atoms with Crippen molar-refractivity contribution in [3.05, 3.63) is 69.9 Å². The Morgan fingerprint density at radius 2 is 1.79 bits per heavy atom. The van der Waals surface area contributed by atoms with Crippen LogP contribution in [0.2, 0.25) is 0 Å². The summed E-state index contributed by atoms with van der Waals surface area (Å²) in [6.07, 6.45) is 0. The van der Waals surface area contributed by atoms with Crippen LogP contribution in [0.15, 0.2) is 53.4 Å². The van der Waals surface area contributed by atoms with Crippen molar-refractivity contribution in [2.45, 2.75) is 24.1 Å². The van der Waals surface area contributed by atoms with Crippen LogP contribution in [-0.2, 0) is 17.1 Å². The highest BCUT2D eigenvalue weighted by Crippen LogP contribution is 2.25. The summed E-state index contributed by atoms with van der Waals surface area (Å²) < 4.78 is 12.9. The highest BCUT2D eigenvalue weighted by Gasteiger charge is 2.13. The molecule has 1 aromatic heterocycles. The van der Waals surface area contributed by atoms with Gasteiger partial charge in [-0.05, 0) is 42.0 Å². The third kappa shape index (κ3) is 5.86. The zero-order valence-electron chi connectivity index (χ0n) is 14.9. The Morgan fingerprint density at radius 1 is 1.07 bits per heavy atom. The third-order valence-corrected chi connectivity index (χ3v) is 5.69. The number of rotatable bonds is 7. The molecule has 2 aromatic carbocycles. The number of benzene rings is 2. The second kappa shape index (κ2) is 9.43. The maximum Gasteiger partial charge on any atom is 0.282 e. The van der Waals surface area contributed by atoms with E-state index in [4.69, 9.17) is 0 Å². The first-order valence-corrected chi connectivity index (χ1v) is 10.2. The van der Waals surface area contributed by atoms with Crippen molar-refractivity contribution in [2.75, 3.05) is 5.32 Å². The smallest absolute Gasteiger partial charge is 0.282 e. The number of hydrogen-bond donors (Lipinski definition) is 2. The van der Waals surface area contributed by atoms with Crippen LogP contribution in [-0.4, -0.2) is 22.0 Å². The summed E-state index contributed by atoms with van der Waals surface area (Å²) in [7, 11) is 0. The largest absolute Gasteiger partial charge is 0.346 e. The van der Waals surface area contributed by atoms with Gasteiger partial charge in [-0.25, -0.2) is 4.39 Å². The summed E-state index contributed by atoms with van der Waals surface area (Å²) in [5, 5.41) is 14.5. The summed E-state index contributed by atoms with van der Waals surface area (Å²) in [6, 6.07) is 13.4. The first-order valence-electron chi connectivity index (χ1n) is 8.35. The molecule has 2 N–H and O–H groups in total. The predicted octanol–water partition coefficient (Wildman–Crippen LogP) is 3.86. The van der Waals surface area contributed by atoms with Crippen molar-refractivity contribution in [2.24, 2.45) is 0 Å². The molecule has 0 aliphatic rings. The molecule has 0 radical (unpaired) electrons. The molecule has 0 saturated heterocycles. The molecule has 0 spiro atoms. The topological polar surface area (TPSA) is 84.0 Å². The van der Waals surface area contributed by atoms with E-state index in [1.54, 1.807) is 23.9 Å². The summed E-state index contributed by atoms with van der Waals surface area (Å²) in [5.41, 5.74) is 1.55. The fraction of sp³-hybridized carbons (Fsp3) is 0.158. The van der Waals surface area contributed by atoms with E-state index in [1.165, 1.54) is 30.4 Å². The van der Waals surface area contributed by atoms with E-state index in [2.05, 4.69) is 20.8 Å². The van der Waals surface area contributed by atoms with Crippen molar-refractivity contribution in [3.8, 4) is 0 Å². The van der Waals surface area contributed by atoms with Gasteiger partial charge in [0.15, 0.2) is 0 Å². The van der Waals surface area contributed by atoms with Crippen LogP contribution in [0.5, 0.6) is 0 Å². The van der Waals surface area contributed by atoms with Crippen LogP contribution in [0.3, 0.4) is 0 Å². The van der Waals surface area contributed by atoms with Crippen molar-refractivity contribution >= 4 is 40.6 Å². The molecule has 0 fully saturated rings. The molecule has 28 heavy (non-hydrogen) atoms. The van der Waals surface area contributed by atoms with Gasteiger partial charge >= 0.3 is 0 Å². The lowest BCUT2D eigenvalue weighted by Gasteiger charge is -2.03. The van der Waals surface area contributed by atoms with Gasteiger partial charge in [0, 0.05) is 24.1 Å². The molecular weight excluding hydrogens is 399 g/mol. The standard InChI is InChI=1S/C19H17FN4O2S2/c1-12(25)22-15-6-8-16(9-7-15)27-11-17-23-24-19(28-17)18(26)21-10-13-2-4-14(20)5-3-13/h2-9H,10-11H2,1H3,(H,21,26)(H,22,25). The van der Waals surface area contributed by atoms with Gasteiger partial charge in [0.05, 0.1) is 5.75 Å². The molecule has 0 bridgehead atoms. The molecule has 0 aliphatic carbocycles. The van der Waals surface area contributed by atoms with Gasteiger partial charge in [0.2, 0.25) is 10.9 Å². The van der Waals surface area contributed by atoms with E-state index in [0.717, 1.165) is 21.2 Å². The highest BCUT2D eigenvalue weighted by atomic mass is 32.2. The summed E-state index contributed by atoms with van der Waals surface area (Å²) >= 11 is 2.80. The monoisotopic (exact) mass is 416 g/mol. The van der Waals surface area contributed by atoms with Gasteiger partial charge in [-0.1, -0.05) is 23.5 Å². The summed E-state index contributed by atoms with van der Waals surface area (Å²) in [6.45, 7) is 1.76. The normalized spacial score (nSPS) is 10.5. The minimum absolute atomic E-state index is 0.112. The van der Waals surface area contributed by atoms with Gasteiger partial charge in [-0.3, -0.25) is 9.59 Å². The van der Waals surface area contributed by atoms with E-state index in [-0.39, 0.29) is 17.6 Å². The predicted molar refractivity (Wildman–Crippen MR) is 108 cm³/mol. The number of aromatic nitrogens is 2. The molecule has 144 valence electrons. The molecule has 0 saturated carbocycles. The lowest BCUT2D eigenvalue weighted by Crippen LogP contribution is -2.22. The third-order valence-electron chi connectivity index (χ3n) is 3.56. The molecular formula is C19H17FN4O2S2. The highest BCUT2D eigenvalue weighted by molar-refractivity contribution is 7.98. The number of thioether (sulfide) groups is 1. The van der Waals surface area contributed by atoms with Gasteiger partial charge in [-0.15, -0.1) is 22.0 Å². The van der Waals surface area contributed by atoms with Gasteiger partial charge in [-0.2, -0.15) is 0 Å². The molecule has 3 aromatic rings. The molecule has 0 atom stereocenters. The number of carbonyl (C=O) groups is 2. The fourth-order valence-corrected chi connectivity index (χ4v) is 3.89. The van der Waals surface area contributed by atoms with Crippen LogP contribution >= 0.6 is 23.1 Å². The molecule has 0 aliphatic heterocycles. The first kappa shape index (κ1) is 20.0. The van der Waals surface area contributed by atoms with Crippen LogP contribution in [0, 0.1) is 5.82 Å². The van der Waals surface area contributed by atoms with E-state index < -0.39 is 0 Å². The molecule has 9 heteroatoms. The van der Waals surface area contributed by atoms with E-state index in [0.29, 0.717) is 17.3 Å². The average Bonchev–Trinajstić information content (AvgIpc) is 3.15. The Balaban J connectivity index is 1.49. The molecule has 6 nitrogen and oxygen atoms in total. The number of carbonyl (C=O) groups excluding carboxylic acids is 2. The number of amides is 2. The minimum atomic E-state index is -0.314. The van der Waals surface area contributed by atoms with Crippen LogP contribution in [0.1, 0.15) is 27.3 Å². The Bertz CT molecular complexity index is 959. The Morgan fingerprint density at radius 3 is 2.46 bits per heavy atom. The number of nitrogens with one attached hydrogen (secondary N) is 2. The van der Waals surface area contributed by atoms with Crippen LogP contribution < -0.4 is 10.6 Å². The number of hydrogen-bond acceptors (Lipinski definition) is 6. The summed E-state index contributed by atoms with van der Waals surface area (Å²) in [5.74, 6) is -0.147. The van der Waals surface area contributed by atoms with Crippen molar-refractivity contribution in [1.29, 1.82) is 0 Å². The SMILES string of the molecule is CC(=O)Nc1ccc(SCc2nnc(C(=O)NCc3ccc(F)cc3)s2)cc1. The van der Waals surface area contributed by atoms with E-state index >= 15 is 0 Å². The average molecular weight is 417 g/mol. The number of halogens is 1. The maximum atomic E-state index is 12.9. The first-order chi connectivity index (χ1) is 13.5. The van der Waals surface area contributed by atoms with E-state index in [1.807, 2.05) is 24.3 Å². The van der Waals surface area contributed by atoms with E-state index in [9.17, 15) is 14.0 Å². The molecule has 3 rings (SSSR count). The fourth-order valence-electron chi connectivity index (χ4n) is 2.25. The van der Waals surface area contributed by atoms with Gasteiger partial charge in [0.1, 0.15) is 10.8 Å². The Kier molecular flexibility index (Phi) is 6.72. The Labute approximate surface area is 169 Å². The molecule has 0 unspecified atom stereocenters. The Hall–Kier alpha value is -2.78. The zero-order chi connectivity index (χ0) is 19.9. The van der Waals surface area contributed by atoms with Gasteiger partial charge in [0.25, 0.3) is 5.91 Å². The zero-order valence-corrected chi connectivity index (χ0v) is 16.6. The number of anilines is 1. The second-order valence-electron chi connectivity index (χ2n) is 5.80. The van der Waals surface area contributed by atoms with Crippen molar-refractivity contribution < 1.29 is 14.0 Å². The van der Waals surface area contributed by atoms with Gasteiger partial charge < -0.3 is 10.6 Å². The molecule has 2 amide bonds. The second-order valence-corrected chi connectivity index (χ2v) is 7.92.